The number of carbonyl (C=O) groups is 4. The molecule has 0 radical (unpaired) electrons. The summed E-state index contributed by atoms with van der Waals surface area (Å²) < 4.78 is 44.5. The Morgan fingerprint density at radius 3 is 2.43 bits per heavy atom. The molecule has 3 aromatic rings. The molecular formula is C29H36N6O10S. The van der Waals surface area contributed by atoms with E-state index in [1.807, 2.05) is 0 Å². The van der Waals surface area contributed by atoms with E-state index < -0.39 is 52.2 Å². The summed E-state index contributed by atoms with van der Waals surface area (Å²) in [5.41, 5.74) is 11.0. The van der Waals surface area contributed by atoms with E-state index in [9.17, 15) is 32.4 Å². The van der Waals surface area contributed by atoms with Crippen molar-refractivity contribution in [3.05, 3.63) is 63.2 Å². The van der Waals surface area contributed by atoms with Crippen LogP contribution in [0.25, 0.3) is 16.6 Å². The number of esters is 2. The zero-order chi connectivity index (χ0) is 34.2. The summed E-state index contributed by atoms with van der Waals surface area (Å²) in [5, 5.41) is 2.41. The van der Waals surface area contributed by atoms with Gasteiger partial charge in [0.2, 0.25) is 15.9 Å². The van der Waals surface area contributed by atoms with Crippen molar-refractivity contribution in [2.24, 2.45) is 11.5 Å². The van der Waals surface area contributed by atoms with E-state index >= 15 is 0 Å². The molecule has 46 heavy (non-hydrogen) atoms. The van der Waals surface area contributed by atoms with Crippen molar-refractivity contribution in [2.75, 3.05) is 26.8 Å². The van der Waals surface area contributed by atoms with Gasteiger partial charge in [-0.2, -0.15) is 0 Å². The highest BCUT2D eigenvalue weighted by atomic mass is 32.2. The van der Waals surface area contributed by atoms with Crippen molar-refractivity contribution in [3.8, 4) is 5.69 Å². The van der Waals surface area contributed by atoms with Crippen molar-refractivity contribution in [1.29, 1.82) is 0 Å². The highest BCUT2D eigenvalue weighted by molar-refractivity contribution is 7.89. The number of benzene rings is 2. The first-order valence-electron chi connectivity index (χ1n) is 14.1. The molecule has 0 aliphatic heterocycles. The van der Waals surface area contributed by atoms with Crippen LogP contribution in [0.4, 0.5) is 4.79 Å². The average molecular weight is 661 g/mol. The molecule has 0 fully saturated rings. The first-order valence-corrected chi connectivity index (χ1v) is 15.6. The molecule has 0 aliphatic carbocycles. The lowest BCUT2D eigenvalue weighted by Crippen LogP contribution is -2.36. The minimum atomic E-state index is -4.08. The van der Waals surface area contributed by atoms with E-state index in [2.05, 4.69) is 15.0 Å². The second kappa shape index (κ2) is 15.4. The highest BCUT2D eigenvalue weighted by Gasteiger charge is 2.25. The molecule has 0 saturated carbocycles. The Morgan fingerprint density at radius 1 is 1.09 bits per heavy atom. The second-order valence-corrected chi connectivity index (χ2v) is 11.8. The maximum atomic E-state index is 14.2. The van der Waals surface area contributed by atoms with Crippen LogP contribution in [0.15, 0.2) is 40.0 Å². The quantitative estimate of drug-likeness (QED) is 0.105. The molecule has 1 atom stereocenters. The number of aromatic nitrogens is 2. The lowest BCUT2D eigenvalue weighted by Gasteiger charge is -2.19. The largest absolute Gasteiger partial charge is 0.463 e. The molecule has 248 valence electrons. The van der Waals surface area contributed by atoms with Gasteiger partial charge in [-0.3, -0.25) is 19.0 Å². The van der Waals surface area contributed by atoms with Gasteiger partial charge in [0.1, 0.15) is 17.5 Å². The molecule has 17 heteroatoms. The third-order valence-electron chi connectivity index (χ3n) is 6.77. The molecule has 0 aliphatic rings. The van der Waals surface area contributed by atoms with E-state index in [-0.39, 0.29) is 71.0 Å². The van der Waals surface area contributed by atoms with Crippen molar-refractivity contribution in [3.63, 3.8) is 0 Å². The molecule has 3 rings (SSSR count). The minimum absolute atomic E-state index is 0.00598. The Hall–Kier alpha value is -4.87. The van der Waals surface area contributed by atoms with Crippen LogP contribution in [0.5, 0.6) is 0 Å². The number of sulfonamides is 1. The number of nitrogens with two attached hydrogens (primary N) is 2. The van der Waals surface area contributed by atoms with Crippen LogP contribution in [-0.2, 0) is 40.4 Å². The van der Waals surface area contributed by atoms with E-state index in [0.717, 1.165) is 4.57 Å². The number of rotatable bonds is 14. The molecule has 0 spiro atoms. The standard InChI is InChI=1S/C29H36N6O10S/c1-5-43-28(39)24-16(2)14-19-25(17(24)3)26(37)35(20-8-6-7-9-21(20)46(41,42)32-4)23(34-19)15-45-29(40)33-12-13-44-27(38)18(30)10-11-22(31)36/h6-9,14,18,32H,5,10-13,15,30H2,1-4H3,(H2,31,36)(H,33,40)/t18-/m0/s1. The summed E-state index contributed by atoms with van der Waals surface area (Å²) in [5.74, 6) is -2.16. The van der Waals surface area contributed by atoms with Gasteiger partial charge >= 0.3 is 18.0 Å². The Balaban J connectivity index is 1.97. The Labute approximate surface area is 264 Å². The fourth-order valence-corrected chi connectivity index (χ4v) is 5.50. The number of amides is 2. The smallest absolute Gasteiger partial charge is 0.407 e. The Kier molecular flexibility index (Phi) is 11.9. The number of hydrogen-bond donors (Lipinski definition) is 4. The van der Waals surface area contributed by atoms with Gasteiger partial charge in [-0.25, -0.2) is 27.7 Å². The third kappa shape index (κ3) is 8.23. The van der Waals surface area contributed by atoms with Gasteiger partial charge in [0.25, 0.3) is 5.56 Å². The zero-order valence-corrected chi connectivity index (χ0v) is 26.6. The predicted octanol–water partition coefficient (Wildman–Crippen LogP) is 0.450. The highest BCUT2D eigenvalue weighted by Crippen LogP contribution is 2.26. The number of ether oxygens (including phenoxy) is 3. The number of nitrogens with zero attached hydrogens (tertiary/aromatic N) is 2. The maximum Gasteiger partial charge on any atom is 0.407 e. The lowest BCUT2D eigenvalue weighted by molar-refractivity contribution is -0.145. The van der Waals surface area contributed by atoms with Gasteiger partial charge in [0.15, 0.2) is 12.4 Å². The van der Waals surface area contributed by atoms with Crippen LogP contribution in [0.3, 0.4) is 0 Å². The topological polar surface area (TPSA) is 241 Å². The minimum Gasteiger partial charge on any atom is -0.463 e. The molecular weight excluding hydrogens is 624 g/mol. The molecule has 0 saturated heterocycles. The zero-order valence-electron chi connectivity index (χ0n) is 25.7. The van der Waals surface area contributed by atoms with Crippen molar-refractivity contribution in [2.45, 2.75) is 51.2 Å². The monoisotopic (exact) mass is 660 g/mol. The molecule has 2 amide bonds. The van der Waals surface area contributed by atoms with Crippen LogP contribution in [-0.4, -0.2) is 74.8 Å². The molecule has 6 N–H and O–H groups in total. The van der Waals surface area contributed by atoms with Gasteiger partial charge in [-0.1, -0.05) is 12.1 Å². The summed E-state index contributed by atoms with van der Waals surface area (Å²) in [6.07, 6.45) is -1.05. The van der Waals surface area contributed by atoms with Crippen LogP contribution in [0.1, 0.15) is 47.1 Å². The molecule has 1 heterocycles. The summed E-state index contributed by atoms with van der Waals surface area (Å²) in [4.78, 5) is 66.5. The predicted molar refractivity (Wildman–Crippen MR) is 165 cm³/mol. The number of carbonyl (C=O) groups excluding carboxylic acids is 4. The van der Waals surface area contributed by atoms with Crippen LogP contribution in [0, 0.1) is 13.8 Å². The van der Waals surface area contributed by atoms with E-state index in [4.69, 9.17) is 25.7 Å². The van der Waals surface area contributed by atoms with Gasteiger partial charge in [-0.05, 0) is 63.6 Å². The number of fused-ring (bicyclic) bond motifs is 1. The Morgan fingerprint density at radius 2 is 1.78 bits per heavy atom. The fourth-order valence-electron chi connectivity index (χ4n) is 4.59. The lowest BCUT2D eigenvalue weighted by atomic mass is 9.98. The van der Waals surface area contributed by atoms with Crippen molar-refractivity contribution >= 4 is 44.9 Å². The van der Waals surface area contributed by atoms with Crippen LogP contribution >= 0.6 is 0 Å². The summed E-state index contributed by atoms with van der Waals surface area (Å²) in [6, 6.07) is 6.13. The Bertz CT molecular complexity index is 1820. The number of primary amides is 1. The third-order valence-corrected chi connectivity index (χ3v) is 8.24. The van der Waals surface area contributed by atoms with Gasteiger partial charge in [-0.15, -0.1) is 0 Å². The van der Waals surface area contributed by atoms with Gasteiger partial charge in [0.05, 0.1) is 35.3 Å². The van der Waals surface area contributed by atoms with Crippen LogP contribution in [0.2, 0.25) is 0 Å². The molecule has 0 bridgehead atoms. The number of hydrogen-bond acceptors (Lipinski definition) is 12. The SMILES string of the molecule is CCOC(=O)c1c(C)cc2nc(COC(=O)NCCOC(=O)[C@@H](N)CCC(N)=O)n(-c3ccccc3S(=O)(=O)NC)c(=O)c2c1C. The number of aryl methyl sites for hydroxylation is 2. The second-order valence-electron chi connectivity index (χ2n) is 9.93. The maximum absolute atomic E-state index is 14.2. The molecule has 16 nitrogen and oxygen atoms in total. The summed E-state index contributed by atoms with van der Waals surface area (Å²) in [7, 11) is -2.87. The van der Waals surface area contributed by atoms with Crippen molar-refractivity contribution < 1.29 is 41.8 Å². The molecule has 2 aromatic carbocycles. The summed E-state index contributed by atoms with van der Waals surface area (Å²) in [6.45, 7) is 3.97. The normalized spacial score (nSPS) is 11.9. The first-order chi connectivity index (χ1) is 21.7. The van der Waals surface area contributed by atoms with E-state index in [0.29, 0.717) is 5.56 Å². The van der Waals surface area contributed by atoms with E-state index in [1.165, 1.54) is 37.4 Å². The summed E-state index contributed by atoms with van der Waals surface area (Å²) >= 11 is 0. The van der Waals surface area contributed by atoms with Gasteiger partial charge in [0, 0.05) is 6.42 Å². The van der Waals surface area contributed by atoms with Gasteiger partial charge < -0.3 is 31.0 Å². The molecule has 1 aromatic heterocycles. The van der Waals surface area contributed by atoms with Crippen molar-refractivity contribution in [1.82, 2.24) is 19.6 Å². The fraction of sp³-hybridized carbons (Fsp3) is 0.379. The number of nitrogens with one attached hydrogen (secondary N) is 2. The van der Waals surface area contributed by atoms with E-state index in [1.54, 1.807) is 20.8 Å². The van der Waals surface area contributed by atoms with Crippen LogP contribution < -0.4 is 27.1 Å². The number of para-hydroxylation sites is 1. The first kappa shape index (κ1) is 35.6. The molecule has 0 unspecified atom stereocenters. The average Bonchev–Trinajstić information content (AvgIpc) is 3.00. The number of alkyl carbamates (subject to hydrolysis) is 1.